The SMILES string of the molecule is CC12CC3CC(C)(C1)CC(CC(=O)N1CCCC1)(C3)C2. The van der Waals surface area contributed by atoms with Crippen LogP contribution in [0.2, 0.25) is 0 Å². The smallest absolute Gasteiger partial charge is 0.223 e. The van der Waals surface area contributed by atoms with Gasteiger partial charge in [0.05, 0.1) is 0 Å². The van der Waals surface area contributed by atoms with E-state index in [9.17, 15) is 4.79 Å². The van der Waals surface area contributed by atoms with Crippen LogP contribution < -0.4 is 0 Å². The van der Waals surface area contributed by atoms with Gasteiger partial charge >= 0.3 is 0 Å². The van der Waals surface area contributed by atoms with E-state index in [4.69, 9.17) is 0 Å². The van der Waals surface area contributed by atoms with E-state index >= 15 is 0 Å². The highest BCUT2D eigenvalue weighted by Crippen LogP contribution is 2.70. The average molecular weight is 275 g/mol. The van der Waals surface area contributed by atoms with Crippen molar-refractivity contribution in [3.05, 3.63) is 0 Å². The van der Waals surface area contributed by atoms with Crippen LogP contribution in [0.5, 0.6) is 0 Å². The second-order valence-corrected chi connectivity index (χ2v) is 9.39. The van der Waals surface area contributed by atoms with Crippen LogP contribution in [-0.2, 0) is 4.79 Å². The number of hydrogen-bond acceptors (Lipinski definition) is 1. The van der Waals surface area contributed by atoms with Crippen molar-refractivity contribution in [3.8, 4) is 0 Å². The molecule has 2 nitrogen and oxygen atoms in total. The molecule has 1 heterocycles. The summed E-state index contributed by atoms with van der Waals surface area (Å²) in [6.45, 7) is 7.05. The molecule has 0 aromatic carbocycles. The minimum Gasteiger partial charge on any atom is -0.343 e. The number of hydrogen-bond donors (Lipinski definition) is 0. The number of nitrogens with zero attached hydrogens (tertiary/aromatic N) is 1. The van der Waals surface area contributed by atoms with Gasteiger partial charge in [0.2, 0.25) is 5.91 Å². The van der Waals surface area contributed by atoms with Crippen LogP contribution in [0.15, 0.2) is 0 Å². The van der Waals surface area contributed by atoms with Gasteiger partial charge in [-0.1, -0.05) is 13.8 Å². The van der Waals surface area contributed by atoms with E-state index in [1.54, 1.807) is 0 Å². The van der Waals surface area contributed by atoms with E-state index in [-0.39, 0.29) is 0 Å². The zero-order chi connectivity index (χ0) is 14.0. The first-order chi connectivity index (χ1) is 9.40. The summed E-state index contributed by atoms with van der Waals surface area (Å²) in [6, 6.07) is 0. The molecule has 4 aliphatic carbocycles. The van der Waals surface area contributed by atoms with Crippen LogP contribution in [0.25, 0.3) is 0 Å². The molecule has 5 rings (SSSR count). The summed E-state index contributed by atoms with van der Waals surface area (Å²) in [5, 5.41) is 0. The van der Waals surface area contributed by atoms with Crippen molar-refractivity contribution < 1.29 is 4.79 Å². The van der Waals surface area contributed by atoms with Gasteiger partial charge in [0.15, 0.2) is 0 Å². The molecule has 4 bridgehead atoms. The molecule has 5 fully saturated rings. The van der Waals surface area contributed by atoms with Crippen LogP contribution in [0, 0.1) is 22.2 Å². The van der Waals surface area contributed by atoms with Crippen LogP contribution >= 0.6 is 0 Å². The Morgan fingerprint density at radius 1 is 1.00 bits per heavy atom. The van der Waals surface area contributed by atoms with Crippen molar-refractivity contribution in [1.29, 1.82) is 0 Å². The minimum absolute atomic E-state index is 0.364. The molecular formula is C18H29NO. The van der Waals surface area contributed by atoms with Gasteiger partial charge in [0.25, 0.3) is 0 Å². The topological polar surface area (TPSA) is 20.3 Å². The maximum atomic E-state index is 12.7. The number of amides is 1. The third-order valence-corrected chi connectivity index (χ3v) is 6.73. The molecule has 2 atom stereocenters. The fourth-order valence-corrected chi connectivity index (χ4v) is 7.28. The third kappa shape index (κ3) is 2.02. The van der Waals surface area contributed by atoms with Gasteiger partial charge in [-0.3, -0.25) is 4.79 Å². The third-order valence-electron chi connectivity index (χ3n) is 6.73. The molecule has 0 radical (unpaired) electrons. The van der Waals surface area contributed by atoms with Gasteiger partial charge in [-0.2, -0.15) is 0 Å². The molecule has 0 aromatic rings. The van der Waals surface area contributed by atoms with Crippen LogP contribution in [0.3, 0.4) is 0 Å². The molecule has 5 aliphatic rings. The van der Waals surface area contributed by atoms with Crippen molar-refractivity contribution in [1.82, 2.24) is 4.90 Å². The fraction of sp³-hybridized carbons (Fsp3) is 0.944. The normalized spacial score (nSPS) is 49.9. The summed E-state index contributed by atoms with van der Waals surface area (Å²) in [5.74, 6) is 1.38. The zero-order valence-corrected chi connectivity index (χ0v) is 13.2. The van der Waals surface area contributed by atoms with Crippen LogP contribution in [0.1, 0.15) is 71.6 Å². The van der Waals surface area contributed by atoms with E-state index in [2.05, 4.69) is 18.7 Å². The molecular weight excluding hydrogens is 246 g/mol. The lowest BCUT2D eigenvalue weighted by Gasteiger charge is -2.65. The van der Waals surface area contributed by atoms with Crippen LogP contribution in [0.4, 0.5) is 0 Å². The molecule has 1 amide bonds. The highest BCUT2D eigenvalue weighted by molar-refractivity contribution is 5.77. The van der Waals surface area contributed by atoms with E-state index in [0.717, 1.165) is 25.4 Å². The summed E-state index contributed by atoms with van der Waals surface area (Å²) in [5.41, 5.74) is 1.45. The lowest BCUT2D eigenvalue weighted by atomic mass is 9.40. The Bertz CT molecular complexity index is 419. The molecule has 1 aliphatic heterocycles. The highest BCUT2D eigenvalue weighted by Gasteiger charge is 2.60. The summed E-state index contributed by atoms with van der Waals surface area (Å²) in [7, 11) is 0. The Morgan fingerprint density at radius 3 is 2.15 bits per heavy atom. The molecule has 0 spiro atoms. The second kappa shape index (κ2) is 4.01. The maximum absolute atomic E-state index is 12.7. The van der Waals surface area contributed by atoms with Crippen molar-refractivity contribution in [3.63, 3.8) is 0 Å². The van der Waals surface area contributed by atoms with Crippen molar-refractivity contribution >= 4 is 5.91 Å². The largest absolute Gasteiger partial charge is 0.343 e. The Hall–Kier alpha value is -0.530. The minimum atomic E-state index is 0.364. The lowest BCUT2D eigenvalue weighted by molar-refractivity contribution is -0.160. The van der Waals surface area contributed by atoms with Crippen molar-refractivity contribution in [2.45, 2.75) is 71.6 Å². The van der Waals surface area contributed by atoms with E-state index in [1.807, 2.05) is 0 Å². The number of carbonyl (C=O) groups excluding carboxylic acids is 1. The van der Waals surface area contributed by atoms with Gasteiger partial charge in [-0.25, -0.2) is 0 Å². The zero-order valence-electron chi connectivity index (χ0n) is 13.2. The van der Waals surface area contributed by atoms with E-state index in [1.165, 1.54) is 51.4 Å². The van der Waals surface area contributed by atoms with Gasteiger partial charge in [0, 0.05) is 19.5 Å². The standard InChI is InChI=1S/C18H29NO/c1-16-7-14-8-17(2,11-16)13-18(9-14,12-16)10-15(20)19-5-3-4-6-19/h14H,3-13H2,1-2H3. The van der Waals surface area contributed by atoms with E-state index < -0.39 is 0 Å². The van der Waals surface area contributed by atoms with Gasteiger partial charge in [-0.05, 0) is 73.5 Å². The average Bonchev–Trinajstić information content (AvgIpc) is 2.75. The Morgan fingerprint density at radius 2 is 1.60 bits per heavy atom. The first-order valence-corrected chi connectivity index (χ1v) is 8.67. The van der Waals surface area contributed by atoms with Gasteiger partial charge in [0.1, 0.15) is 0 Å². The predicted octanol–water partition coefficient (Wildman–Crippen LogP) is 4.00. The molecule has 1 saturated heterocycles. The van der Waals surface area contributed by atoms with Crippen molar-refractivity contribution in [2.24, 2.45) is 22.2 Å². The van der Waals surface area contributed by atoms with Gasteiger partial charge < -0.3 is 4.90 Å². The molecule has 4 saturated carbocycles. The number of rotatable bonds is 2. The Balaban J connectivity index is 1.56. The van der Waals surface area contributed by atoms with Gasteiger partial charge in [-0.15, -0.1) is 0 Å². The summed E-state index contributed by atoms with van der Waals surface area (Å²) >= 11 is 0. The monoisotopic (exact) mass is 275 g/mol. The molecule has 0 aromatic heterocycles. The number of likely N-dealkylation sites (tertiary alicyclic amines) is 1. The predicted molar refractivity (Wildman–Crippen MR) is 80.3 cm³/mol. The molecule has 0 N–H and O–H groups in total. The molecule has 112 valence electrons. The summed E-state index contributed by atoms with van der Waals surface area (Å²) in [6.07, 6.45) is 11.6. The first kappa shape index (κ1) is 13.2. The Kier molecular flexibility index (Phi) is 2.64. The summed E-state index contributed by atoms with van der Waals surface area (Å²) < 4.78 is 0. The van der Waals surface area contributed by atoms with E-state index in [0.29, 0.717) is 22.2 Å². The lowest BCUT2D eigenvalue weighted by Crippen LogP contribution is -2.56. The molecule has 2 unspecified atom stereocenters. The molecule has 20 heavy (non-hydrogen) atoms. The fourth-order valence-electron chi connectivity index (χ4n) is 7.28. The van der Waals surface area contributed by atoms with Crippen molar-refractivity contribution in [2.75, 3.05) is 13.1 Å². The quantitative estimate of drug-likeness (QED) is 0.746. The van der Waals surface area contributed by atoms with Crippen LogP contribution in [-0.4, -0.2) is 23.9 Å². The summed E-state index contributed by atoms with van der Waals surface area (Å²) in [4.78, 5) is 14.8. The number of carbonyl (C=O) groups is 1. The highest BCUT2D eigenvalue weighted by atomic mass is 16.2. The Labute approximate surface area is 123 Å². The first-order valence-electron chi connectivity index (χ1n) is 8.67. The maximum Gasteiger partial charge on any atom is 0.223 e. The second-order valence-electron chi connectivity index (χ2n) is 9.39. The molecule has 2 heteroatoms.